The summed E-state index contributed by atoms with van der Waals surface area (Å²) in [5, 5.41) is 5.09. The molecule has 6 heteroatoms. The highest BCUT2D eigenvalue weighted by Crippen LogP contribution is 2.31. The third-order valence-corrected chi connectivity index (χ3v) is 4.13. The highest BCUT2D eigenvalue weighted by molar-refractivity contribution is 6.33. The third-order valence-electron chi connectivity index (χ3n) is 3.85. The summed E-state index contributed by atoms with van der Waals surface area (Å²) in [6.07, 6.45) is 3.48. The number of nitrogens with zero attached hydrogens (tertiary/aromatic N) is 5. The molecule has 4 heterocycles. The van der Waals surface area contributed by atoms with Gasteiger partial charge in [-0.1, -0.05) is 17.7 Å². The maximum atomic E-state index is 6.26. The van der Waals surface area contributed by atoms with E-state index in [4.69, 9.17) is 11.6 Å². The summed E-state index contributed by atoms with van der Waals surface area (Å²) in [5.41, 5.74) is 5.28. The van der Waals surface area contributed by atoms with Gasteiger partial charge < -0.3 is 0 Å². The molecule has 0 atom stereocenters. The predicted octanol–water partition coefficient (Wildman–Crippen LogP) is 2.70. The molecule has 5 nitrogen and oxygen atoms in total. The Hall–Kier alpha value is -1.98. The van der Waals surface area contributed by atoms with Crippen LogP contribution in [0.15, 0.2) is 24.5 Å². The van der Waals surface area contributed by atoms with E-state index in [0.29, 0.717) is 10.8 Å². The van der Waals surface area contributed by atoms with Gasteiger partial charge in [-0.25, -0.2) is 14.5 Å². The van der Waals surface area contributed by atoms with Crippen molar-refractivity contribution < 1.29 is 0 Å². The van der Waals surface area contributed by atoms with Gasteiger partial charge in [0.05, 0.1) is 28.1 Å². The van der Waals surface area contributed by atoms with Gasteiger partial charge >= 0.3 is 0 Å². The smallest absolute Gasteiger partial charge is 0.126 e. The zero-order valence-corrected chi connectivity index (χ0v) is 12.6. The highest BCUT2D eigenvalue weighted by atomic mass is 35.5. The summed E-state index contributed by atoms with van der Waals surface area (Å²) in [6.45, 7) is 3.73. The van der Waals surface area contributed by atoms with Crippen LogP contribution in [0.1, 0.15) is 17.1 Å². The summed E-state index contributed by atoms with van der Waals surface area (Å²) in [7, 11) is 2.11. The fourth-order valence-corrected chi connectivity index (χ4v) is 3.08. The molecule has 0 radical (unpaired) electrons. The lowest BCUT2D eigenvalue weighted by atomic mass is 10.1. The van der Waals surface area contributed by atoms with E-state index in [2.05, 4.69) is 39.1 Å². The predicted molar refractivity (Wildman–Crippen MR) is 81.1 cm³/mol. The van der Waals surface area contributed by atoms with Crippen LogP contribution in [0.4, 0.5) is 0 Å². The molecule has 3 aromatic rings. The highest BCUT2D eigenvalue weighted by Gasteiger charge is 2.21. The fraction of sp³-hybridized carbons (Fsp3) is 0.267. The van der Waals surface area contributed by atoms with E-state index in [9.17, 15) is 0 Å². The Bertz CT molecular complexity index is 855. The fourth-order valence-electron chi connectivity index (χ4n) is 2.89. The number of aryl methyl sites for hydroxylation is 1. The SMILES string of the molecule is Cc1ncc(Cl)c(-c2cnn3c4c(ccc23)CN(C)C4)n1. The quantitative estimate of drug-likeness (QED) is 0.693. The average molecular weight is 300 g/mol. The van der Waals surface area contributed by atoms with E-state index in [1.807, 2.05) is 17.6 Å². The second-order valence-electron chi connectivity index (χ2n) is 5.45. The Morgan fingerprint density at radius 2 is 2.05 bits per heavy atom. The molecule has 1 aliphatic rings. The molecule has 1 aliphatic heterocycles. The molecule has 21 heavy (non-hydrogen) atoms. The van der Waals surface area contributed by atoms with Crippen LogP contribution < -0.4 is 0 Å². The molecule has 0 saturated carbocycles. The van der Waals surface area contributed by atoms with Gasteiger partial charge in [-0.2, -0.15) is 5.10 Å². The van der Waals surface area contributed by atoms with Gasteiger partial charge in [0, 0.05) is 24.8 Å². The second-order valence-corrected chi connectivity index (χ2v) is 5.85. The van der Waals surface area contributed by atoms with Crippen molar-refractivity contribution in [2.75, 3.05) is 7.05 Å². The van der Waals surface area contributed by atoms with E-state index in [-0.39, 0.29) is 0 Å². The van der Waals surface area contributed by atoms with Gasteiger partial charge in [0.15, 0.2) is 0 Å². The van der Waals surface area contributed by atoms with Crippen LogP contribution in [-0.2, 0) is 13.1 Å². The molecule has 0 N–H and O–H groups in total. The van der Waals surface area contributed by atoms with E-state index < -0.39 is 0 Å². The normalized spacial score (nSPS) is 14.8. The lowest BCUT2D eigenvalue weighted by Crippen LogP contribution is -2.08. The molecule has 0 fully saturated rings. The van der Waals surface area contributed by atoms with Crippen molar-refractivity contribution >= 4 is 17.1 Å². The van der Waals surface area contributed by atoms with Crippen molar-refractivity contribution in [2.24, 2.45) is 0 Å². The number of hydrogen-bond acceptors (Lipinski definition) is 4. The zero-order chi connectivity index (χ0) is 14.6. The molecule has 0 aliphatic carbocycles. The second kappa shape index (κ2) is 4.51. The largest absolute Gasteiger partial charge is 0.296 e. The van der Waals surface area contributed by atoms with Gasteiger partial charge in [0.25, 0.3) is 0 Å². The van der Waals surface area contributed by atoms with Gasteiger partial charge in [-0.05, 0) is 25.6 Å². The van der Waals surface area contributed by atoms with Gasteiger partial charge in [-0.15, -0.1) is 0 Å². The Kier molecular flexibility index (Phi) is 2.74. The molecule has 0 bridgehead atoms. The van der Waals surface area contributed by atoms with Crippen LogP contribution in [0.2, 0.25) is 5.02 Å². The van der Waals surface area contributed by atoms with Crippen LogP contribution in [0.5, 0.6) is 0 Å². The average Bonchev–Trinajstić information content (AvgIpc) is 3.03. The first kappa shape index (κ1) is 12.7. The van der Waals surface area contributed by atoms with Gasteiger partial charge in [0.1, 0.15) is 5.82 Å². The van der Waals surface area contributed by atoms with Crippen molar-refractivity contribution in [3.8, 4) is 11.3 Å². The number of hydrogen-bond donors (Lipinski definition) is 0. The first-order valence-electron chi connectivity index (χ1n) is 6.80. The van der Waals surface area contributed by atoms with E-state index in [0.717, 1.165) is 29.9 Å². The Morgan fingerprint density at radius 3 is 2.90 bits per heavy atom. The van der Waals surface area contributed by atoms with E-state index >= 15 is 0 Å². The number of rotatable bonds is 1. The van der Waals surface area contributed by atoms with Crippen molar-refractivity contribution in [3.05, 3.63) is 46.6 Å². The van der Waals surface area contributed by atoms with Crippen molar-refractivity contribution in [1.82, 2.24) is 24.5 Å². The molecule has 3 aromatic heterocycles. The molecule has 0 spiro atoms. The zero-order valence-electron chi connectivity index (χ0n) is 11.8. The van der Waals surface area contributed by atoms with Crippen LogP contribution in [0, 0.1) is 6.92 Å². The summed E-state index contributed by atoms with van der Waals surface area (Å²) >= 11 is 6.26. The van der Waals surface area contributed by atoms with Gasteiger partial charge in [-0.3, -0.25) is 4.90 Å². The molecular weight excluding hydrogens is 286 g/mol. The minimum Gasteiger partial charge on any atom is -0.296 e. The standard InChI is InChI=1S/C15H14ClN5/c1-9-17-6-12(16)15(19-9)11-5-18-21-13(11)4-3-10-7-20(2)8-14(10)21/h3-6H,7-8H2,1-2H3. The molecule has 106 valence electrons. The molecular formula is C15H14ClN5. The van der Waals surface area contributed by atoms with Crippen molar-refractivity contribution in [1.29, 1.82) is 0 Å². The van der Waals surface area contributed by atoms with Crippen LogP contribution in [0.3, 0.4) is 0 Å². The molecule has 0 aromatic carbocycles. The Balaban J connectivity index is 1.96. The van der Waals surface area contributed by atoms with E-state index in [1.54, 1.807) is 6.20 Å². The number of fused-ring (bicyclic) bond motifs is 3. The van der Waals surface area contributed by atoms with Crippen LogP contribution >= 0.6 is 11.6 Å². The third kappa shape index (κ3) is 1.92. The lowest BCUT2D eigenvalue weighted by Gasteiger charge is -2.05. The van der Waals surface area contributed by atoms with Gasteiger partial charge in [0.2, 0.25) is 0 Å². The summed E-state index contributed by atoms with van der Waals surface area (Å²) in [5.74, 6) is 0.703. The maximum Gasteiger partial charge on any atom is 0.126 e. The minimum atomic E-state index is 0.549. The van der Waals surface area contributed by atoms with Crippen LogP contribution in [0.25, 0.3) is 16.8 Å². The first-order chi connectivity index (χ1) is 10.1. The van der Waals surface area contributed by atoms with Crippen molar-refractivity contribution in [2.45, 2.75) is 20.0 Å². The minimum absolute atomic E-state index is 0.549. The summed E-state index contributed by atoms with van der Waals surface area (Å²) in [6, 6.07) is 4.26. The van der Waals surface area contributed by atoms with Crippen molar-refractivity contribution in [3.63, 3.8) is 0 Å². The topological polar surface area (TPSA) is 46.3 Å². The number of pyridine rings is 1. The summed E-state index contributed by atoms with van der Waals surface area (Å²) < 4.78 is 2.00. The number of halogens is 1. The lowest BCUT2D eigenvalue weighted by molar-refractivity contribution is 0.349. The van der Waals surface area contributed by atoms with Crippen LogP contribution in [-0.4, -0.2) is 31.5 Å². The van der Waals surface area contributed by atoms with E-state index in [1.165, 1.54) is 11.3 Å². The Labute approximate surface area is 127 Å². The molecule has 4 rings (SSSR count). The Morgan fingerprint density at radius 1 is 1.19 bits per heavy atom. The summed E-state index contributed by atoms with van der Waals surface area (Å²) in [4.78, 5) is 10.9. The first-order valence-corrected chi connectivity index (χ1v) is 7.18. The molecule has 0 unspecified atom stereocenters. The molecule has 0 saturated heterocycles. The number of aromatic nitrogens is 4. The monoisotopic (exact) mass is 299 g/mol. The maximum absolute atomic E-state index is 6.26. The molecule has 0 amide bonds.